The summed E-state index contributed by atoms with van der Waals surface area (Å²) in [6.07, 6.45) is 1.59. The maximum absolute atomic E-state index is 11.9. The van der Waals surface area contributed by atoms with E-state index in [1.807, 2.05) is 12.1 Å². The van der Waals surface area contributed by atoms with E-state index >= 15 is 0 Å². The van der Waals surface area contributed by atoms with Gasteiger partial charge in [-0.1, -0.05) is 41.9 Å². The zero-order valence-electron chi connectivity index (χ0n) is 10.5. The molecule has 1 N–H and O–H groups in total. The molecule has 0 atom stereocenters. The number of benzene rings is 2. The molecular weight excluding hydrogens is 272 g/mol. The molecular formula is C16H11ClN2O. The highest BCUT2D eigenvalue weighted by Gasteiger charge is 2.06. The number of hydrogen-bond donors (Lipinski definition) is 1. The lowest BCUT2D eigenvalue weighted by Gasteiger charge is -2.03. The van der Waals surface area contributed by atoms with Crippen molar-refractivity contribution in [2.45, 2.75) is 0 Å². The first-order valence-corrected chi connectivity index (χ1v) is 6.30. The summed E-state index contributed by atoms with van der Waals surface area (Å²) in [6.45, 7) is 0. The monoisotopic (exact) mass is 282 g/mol. The third-order valence-electron chi connectivity index (χ3n) is 2.59. The Morgan fingerprint density at radius 2 is 1.75 bits per heavy atom. The molecule has 0 radical (unpaired) electrons. The summed E-state index contributed by atoms with van der Waals surface area (Å²) in [5.41, 5.74) is 1.48. The molecule has 0 aliphatic heterocycles. The Morgan fingerprint density at radius 1 is 1.10 bits per heavy atom. The maximum Gasteiger partial charge on any atom is 0.256 e. The number of carbonyl (C=O) groups is 1. The van der Waals surface area contributed by atoms with Crippen LogP contribution in [-0.4, -0.2) is 5.91 Å². The van der Waals surface area contributed by atoms with Crippen LogP contribution in [0.15, 0.2) is 60.3 Å². The van der Waals surface area contributed by atoms with Gasteiger partial charge in [-0.3, -0.25) is 4.79 Å². The van der Waals surface area contributed by atoms with Crippen LogP contribution in [0, 0.1) is 11.3 Å². The first-order valence-electron chi connectivity index (χ1n) is 5.93. The highest BCUT2D eigenvalue weighted by molar-refractivity contribution is 6.30. The van der Waals surface area contributed by atoms with Gasteiger partial charge < -0.3 is 5.32 Å². The number of nitrogens with zero attached hydrogens (tertiary/aromatic N) is 1. The topological polar surface area (TPSA) is 52.9 Å². The minimum absolute atomic E-state index is 0.182. The van der Waals surface area contributed by atoms with E-state index in [9.17, 15) is 4.79 Å². The number of hydrogen-bond acceptors (Lipinski definition) is 2. The van der Waals surface area contributed by atoms with Crippen LogP contribution < -0.4 is 5.32 Å². The molecule has 0 saturated heterocycles. The van der Waals surface area contributed by atoms with Crippen molar-refractivity contribution in [3.8, 4) is 6.07 Å². The van der Waals surface area contributed by atoms with Crippen molar-refractivity contribution < 1.29 is 4.79 Å². The van der Waals surface area contributed by atoms with Gasteiger partial charge in [0.05, 0.1) is 0 Å². The largest absolute Gasteiger partial charge is 0.313 e. The summed E-state index contributed by atoms with van der Waals surface area (Å²) in [7, 11) is 0. The van der Waals surface area contributed by atoms with Crippen LogP contribution in [0.5, 0.6) is 0 Å². The van der Waals surface area contributed by atoms with E-state index in [0.717, 1.165) is 5.56 Å². The van der Waals surface area contributed by atoms with E-state index in [2.05, 4.69) is 5.32 Å². The van der Waals surface area contributed by atoms with E-state index in [1.165, 1.54) is 0 Å². The lowest BCUT2D eigenvalue weighted by molar-refractivity contribution is 0.0968. The average Bonchev–Trinajstić information content (AvgIpc) is 2.49. The standard InChI is InChI=1S/C16H11ClN2O/c17-14-8-6-12(7-9-14)10-15(11-18)19-16(20)13-4-2-1-3-5-13/h1-10H,(H,19,20). The molecule has 1 amide bonds. The zero-order valence-corrected chi connectivity index (χ0v) is 11.3. The van der Waals surface area contributed by atoms with Gasteiger partial charge in [-0.25, -0.2) is 0 Å². The third-order valence-corrected chi connectivity index (χ3v) is 2.84. The molecule has 0 bridgehead atoms. The van der Waals surface area contributed by atoms with Gasteiger partial charge in [0.2, 0.25) is 0 Å². The molecule has 2 rings (SSSR count). The van der Waals surface area contributed by atoms with Crippen molar-refractivity contribution in [3.05, 3.63) is 76.4 Å². The minimum atomic E-state index is -0.313. The summed E-state index contributed by atoms with van der Waals surface area (Å²) in [4.78, 5) is 11.9. The first kappa shape index (κ1) is 13.9. The molecule has 0 spiro atoms. The van der Waals surface area contributed by atoms with Gasteiger partial charge in [-0.15, -0.1) is 0 Å². The summed E-state index contributed by atoms with van der Waals surface area (Å²) in [6, 6.07) is 17.7. The predicted octanol–water partition coefficient (Wildman–Crippen LogP) is 3.63. The fraction of sp³-hybridized carbons (Fsp3) is 0. The maximum atomic E-state index is 11.9. The van der Waals surface area contributed by atoms with Gasteiger partial charge in [0.1, 0.15) is 11.8 Å². The first-order chi connectivity index (χ1) is 9.69. The minimum Gasteiger partial charge on any atom is -0.313 e. The van der Waals surface area contributed by atoms with Gasteiger partial charge in [0.25, 0.3) is 5.91 Å². The Morgan fingerprint density at radius 3 is 2.35 bits per heavy atom. The van der Waals surface area contributed by atoms with E-state index in [-0.39, 0.29) is 11.6 Å². The summed E-state index contributed by atoms with van der Waals surface area (Å²) in [5, 5.41) is 12.3. The lowest BCUT2D eigenvalue weighted by Crippen LogP contribution is -2.21. The van der Waals surface area contributed by atoms with Crippen molar-refractivity contribution in [1.29, 1.82) is 5.26 Å². The Labute approximate surface area is 122 Å². The SMILES string of the molecule is N#CC(=Cc1ccc(Cl)cc1)NC(=O)c1ccccc1. The summed E-state index contributed by atoms with van der Waals surface area (Å²) >= 11 is 5.79. The second-order valence-electron chi connectivity index (χ2n) is 4.04. The number of carbonyl (C=O) groups excluding carboxylic acids is 1. The van der Waals surface area contributed by atoms with Crippen molar-refractivity contribution in [2.75, 3.05) is 0 Å². The number of nitrogens with one attached hydrogen (secondary N) is 1. The average molecular weight is 283 g/mol. The number of nitriles is 1. The number of rotatable bonds is 3. The molecule has 0 aliphatic carbocycles. The van der Waals surface area contributed by atoms with E-state index in [1.54, 1.807) is 54.6 Å². The Bertz CT molecular complexity index is 670. The van der Waals surface area contributed by atoms with E-state index < -0.39 is 0 Å². The van der Waals surface area contributed by atoms with Crippen molar-refractivity contribution >= 4 is 23.6 Å². The second kappa shape index (κ2) is 6.55. The van der Waals surface area contributed by atoms with Crippen LogP contribution in [0.3, 0.4) is 0 Å². The van der Waals surface area contributed by atoms with Gasteiger partial charge >= 0.3 is 0 Å². The van der Waals surface area contributed by atoms with Crippen molar-refractivity contribution in [1.82, 2.24) is 5.32 Å². The normalized spacial score (nSPS) is 10.7. The summed E-state index contributed by atoms with van der Waals surface area (Å²) in [5.74, 6) is -0.313. The quantitative estimate of drug-likeness (QED) is 0.874. The molecule has 20 heavy (non-hydrogen) atoms. The van der Waals surface area contributed by atoms with Gasteiger partial charge in [-0.05, 0) is 35.9 Å². The summed E-state index contributed by atoms with van der Waals surface area (Å²) < 4.78 is 0. The van der Waals surface area contributed by atoms with Crippen LogP contribution in [0.4, 0.5) is 0 Å². The van der Waals surface area contributed by atoms with Crippen LogP contribution >= 0.6 is 11.6 Å². The molecule has 0 saturated carbocycles. The van der Waals surface area contributed by atoms with E-state index in [0.29, 0.717) is 10.6 Å². The third kappa shape index (κ3) is 3.71. The molecule has 0 aromatic heterocycles. The predicted molar refractivity (Wildman–Crippen MR) is 79.0 cm³/mol. The van der Waals surface area contributed by atoms with Crippen molar-refractivity contribution in [2.24, 2.45) is 0 Å². The molecule has 3 nitrogen and oxygen atoms in total. The van der Waals surface area contributed by atoms with Crippen molar-refractivity contribution in [3.63, 3.8) is 0 Å². The number of halogens is 1. The fourth-order valence-electron chi connectivity index (χ4n) is 1.61. The Balaban J connectivity index is 2.16. The highest BCUT2D eigenvalue weighted by atomic mass is 35.5. The van der Waals surface area contributed by atoms with Gasteiger partial charge in [0, 0.05) is 10.6 Å². The van der Waals surface area contributed by atoms with Crippen LogP contribution in [0.2, 0.25) is 5.02 Å². The molecule has 2 aromatic carbocycles. The molecule has 0 heterocycles. The van der Waals surface area contributed by atoms with Crippen LogP contribution in [0.1, 0.15) is 15.9 Å². The molecule has 0 fully saturated rings. The van der Waals surface area contributed by atoms with Crippen LogP contribution in [0.25, 0.3) is 6.08 Å². The zero-order chi connectivity index (χ0) is 14.4. The number of amides is 1. The number of allylic oxidation sites excluding steroid dienone is 1. The molecule has 2 aromatic rings. The smallest absolute Gasteiger partial charge is 0.256 e. The fourth-order valence-corrected chi connectivity index (χ4v) is 1.73. The highest BCUT2D eigenvalue weighted by Crippen LogP contribution is 2.12. The Kier molecular flexibility index (Phi) is 4.54. The second-order valence-corrected chi connectivity index (χ2v) is 4.48. The molecule has 4 heteroatoms. The molecule has 0 unspecified atom stereocenters. The molecule has 98 valence electrons. The van der Waals surface area contributed by atoms with E-state index in [4.69, 9.17) is 16.9 Å². The Hall–Kier alpha value is -2.57. The van der Waals surface area contributed by atoms with Gasteiger partial charge in [0.15, 0.2) is 0 Å². The van der Waals surface area contributed by atoms with Gasteiger partial charge in [-0.2, -0.15) is 5.26 Å². The molecule has 0 aliphatic rings. The lowest BCUT2D eigenvalue weighted by atomic mass is 10.2. The van der Waals surface area contributed by atoms with Crippen LogP contribution in [-0.2, 0) is 0 Å².